The highest BCUT2D eigenvalue weighted by Gasteiger charge is 2.26. The van der Waals surface area contributed by atoms with Crippen molar-refractivity contribution in [3.8, 4) is 0 Å². The van der Waals surface area contributed by atoms with Crippen LogP contribution in [-0.2, 0) is 0 Å². The molecule has 2 aromatic rings. The fourth-order valence-corrected chi connectivity index (χ4v) is 4.93. The van der Waals surface area contributed by atoms with Gasteiger partial charge in [0.1, 0.15) is 0 Å². The van der Waals surface area contributed by atoms with Gasteiger partial charge in [-0.05, 0) is 31.9 Å². The van der Waals surface area contributed by atoms with E-state index in [2.05, 4.69) is 21.4 Å². The lowest BCUT2D eigenvalue weighted by atomic mass is 9.94. The molecule has 0 radical (unpaired) electrons. The Morgan fingerprint density at radius 1 is 1.30 bits per heavy atom. The normalized spacial score (nSPS) is 14.3. The van der Waals surface area contributed by atoms with E-state index < -0.39 is 0 Å². The smallest absolute Gasteiger partial charge is 0.325 e. The van der Waals surface area contributed by atoms with Gasteiger partial charge in [-0.3, -0.25) is 10.1 Å². The number of benzene rings is 1. The Bertz CT molecular complexity index is 816. The topological polar surface area (TPSA) is 98.7 Å². The molecule has 0 saturated heterocycles. The fraction of sp³-hybridized carbons (Fsp3) is 0.421. The predicted molar refractivity (Wildman–Crippen MR) is 111 cm³/mol. The molecule has 2 amide bonds. The second-order valence-electron chi connectivity index (χ2n) is 6.66. The zero-order valence-electron chi connectivity index (χ0n) is 15.4. The van der Waals surface area contributed by atoms with Crippen LogP contribution in [0.1, 0.15) is 41.6 Å². The fourth-order valence-electron chi connectivity index (χ4n) is 3.19. The lowest BCUT2D eigenvalue weighted by Gasteiger charge is -2.14. The van der Waals surface area contributed by atoms with E-state index >= 15 is 0 Å². The molecule has 0 atom stereocenters. The number of nitrogens with zero attached hydrogens (tertiary/aromatic N) is 1. The molecule has 1 heterocycles. The van der Waals surface area contributed by atoms with E-state index in [0.717, 1.165) is 47.8 Å². The van der Waals surface area contributed by atoms with Gasteiger partial charge in [0.05, 0.1) is 22.6 Å². The summed E-state index contributed by atoms with van der Waals surface area (Å²) in [5, 5.41) is 6.11. The van der Waals surface area contributed by atoms with Crippen molar-refractivity contribution in [2.45, 2.75) is 36.8 Å². The maximum Gasteiger partial charge on any atom is 0.325 e. The van der Waals surface area contributed by atoms with Gasteiger partial charge < -0.3 is 11.1 Å². The first kappa shape index (κ1) is 19.9. The van der Waals surface area contributed by atoms with Gasteiger partial charge >= 0.3 is 6.03 Å². The van der Waals surface area contributed by atoms with Crippen LogP contribution in [-0.4, -0.2) is 29.1 Å². The van der Waals surface area contributed by atoms with E-state index in [9.17, 15) is 9.59 Å². The molecule has 1 aliphatic rings. The molecular weight excluding hydrogens is 380 g/mol. The summed E-state index contributed by atoms with van der Waals surface area (Å²) < 4.78 is 1.04. The lowest BCUT2D eigenvalue weighted by Crippen LogP contribution is -2.51. The number of hydrogen-bond donors (Lipinski definition) is 3. The van der Waals surface area contributed by atoms with Crippen LogP contribution in [0.25, 0.3) is 0 Å². The first-order valence-electron chi connectivity index (χ1n) is 9.17. The number of amides is 2. The summed E-state index contributed by atoms with van der Waals surface area (Å²) in [4.78, 5) is 29.5. The third-order valence-electron chi connectivity index (χ3n) is 4.51. The number of rotatable bonds is 7. The standard InChI is InChI=1S/C19H24N4O2S2/c1-12-6-7-15(14(10-12)17(24)13-4-2-3-5-13)22-18(25)23-19-21-11-16(27-19)26-9-8-20/h6-7,10-11,13H,2-5,8-9,20H2,1H3,(H2,21,22,23,25)/p+1. The van der Waals surface area contributed by atoms with Gasteiger partial charge in [0, 0.05) is 17.2 Å². The molecule has 0 unspecified atom stereocenters. The van der Waals surface area contributed by atoms with E-state index in [0.29, 0.717) is 16.4 Å². The number of hydrogen-bond acceptors (Lipinski definition) is 5. The summed E-state index contributed by atoms with van der Waals surface area (Å²) >= 11 is 3.10. The number of urea groups is 1. The maximum atomic E-state index is 12.9. The number of ketones is 1. The number of carbonyl (C=O) groups excluding carboxylic acids is 2. The van der Waals surface area contributed by atoms with Crippen molar-refractivity contribution in [1.29, 1.82) is 0 Å². The van der Waals surface area contributed by atoms with Gasteiger partial charge in [-0.25, -0.2) is 9.78 Å². The number of thiazole rings is 1. The molecule has 144 valence electrons. The van der Waals surface area contributed by atoms with Crippen LogP contribution in [0.15, 0.2) is 28.6 Å². The first-order chi connectivity index (χ1) is 13.1. The van der Waals surface area contributed by atoms with Crippen molar-refractivity contribution in [3.63, 3.8) is 0 Å². The first-order valence-corrected chi connectivity index (χ1v) is 11.0. The van der Waals surface area contributed by atoms with Crippen LogP contribution < -0.4 is 16.4 Å². The highest BCUT2D eigenvalue weighted by molar-refractivity contribution is 8.01. The Hall–Kier alpha value is -1.90. The SMILES string of the molecule is Cc1ccc(NC(=O)Nc2ncc(SCC[NH3+])s2)c(C(=O)C2CCCC2)c1. The van der Waals surface area contributed by atoms with Gasteiger partial charge in [0.2, 0.25) is 0 Å². The van der Waals surface area contributed by atoms with Crippen LogP contribution in [0.4, 0.5) is 15.6 Å². The third kappa shape index (κ3) is 5.31. The molecule has 5 N–H and O–H groups in total. The molecule has 1 saturated carbocycles. The second-order valence-corrected chi connectivity index (χ2v) is 9.09. The van der Waals surface area contributed by atoms with Crippen molar-refractivity contribution in [2.75, 3.05) is 22.9 Å². The minimum Gasteiger partial charge on any atom is -0.357 e. The van der Waals surface area contributed by atoms with Crippen molar-refractivity contribution >= 4 is 45.7 Å². The zero-order chi connectivity index (χ0) is 19.2. The number of quaternary nitrogens is 1. The van der Waals surface area contributed by atoms with E-state index in [1.807, 2.05) is 19.1 Å². The Morgan fingerprint density at radius 3 is 2.81 bits per heavy atom. The van der Waals surface area contributed by atoms with Gasteiger partial charge in [-0.1, -0.05) is 35.8 Å². The molecule has 27 heavy (non-hydrogen) atoms. The van der Waals surface area contributed by atoms with Gasteiger partial charge in [0.15, 0.2) is 10.9 Å². The summed E-state index contributed by atoms with van der Waals surface area (Å²) in [6.07, 6.45) is 5.83. The maximum absolute atomic E-state index is 12.9. The molecular formula is C19H25N4O2S2+. The number of nitrogens with one attached hydrogen (secondary N) is 2. The van der Waals surface area contributed by atoms with Crippen molar-refractivity contribution in [2.24, 2.45) is 5.92 Å². The van der Waals surface area contributed by atoms with Gasteiger partial charge in [-0.15, -0.1) is 11.8 Å². The van der Waals surface area contributed by atoms with Crippen molar-refractivity contribution < 1.29 is 15.3 Å². The summed E-state index contributed by atoms with van der Waals surface area (Å²) in [6.45, 7) is 2.80. The predicted octanol–water partition coefficient (Wildman–Crippen LogP) is 3.80. The van der Waals surface area contributed by atoms with E-state index in [1.165, 1.54) is 11.3 Å². The Balaban J connectivity index is 1.68. The Morgan fingerprint density at radius 2 is 2.07 bits per heavy atom. The molecule has 0 aliphatic heterocycles. The van der Waals surface area contributed by atoms with Gasteiger partial charge in [0.25, 0.3) is 0 Å². The number of aryl methyl sites for hydroxylation is 1. The van der Waals surface area contributed by atoms with E-state index in [1.54, 1.807) is 24.0 Å². The van der Waals surface area contributed by atoms with Gasteiger partial charge in [-0.2, -0.15) is 0 Å². The number of carbonyl (C=O) groups is 2. The molecule has 1 aliphatic carbocycles. The van der Waals surface area contributed by atoms with Crippen LogP contribution in [0.2, 0.25) is 0 Å². The monoisotopic (exact) mass is 405 g/mol. The minimum absolute atomic E-state index is 0.0713. The summed E-state index contributed by atoms with van der Waals surface area (Å²) in [6, 6.07) is 5.18. The summed E-state index contributed by atoms with van der Waals surface area (Å²) in [5.41, 5.74) is 5.98. The van der Waals surface area contributed by atoms with Crippen LogP contribution >= 0.6 is 23.1 Å². The average molecular weight is 406 g/mol. The molecule has 1 aromatic heterocycles. The summed E-state index contributed by atoms with van der Waals surface area (Å²) in [5.74, 6) is 1.12. The van der Waals surface area contributed by atoms with E-state index in [-0.39, 0.29) is 17.7 Å². The quantitative estimate of drug-likeness (QED) is 0.482. The lowest BCUT2D eigenvalue weighted by molar-refractivity contribution is -0.360. The molecule has 8 heteroatoms. The largest absolute Gasteiger partial charge is 0.357 e. The number of thioether (sulfide) groups is 1. The van der Waals surface area contributed by atoms with Crippen LogP contribution in [0, 0.1) is 12.8 Å². The van der Waals surface area contributed by atoms with Crippen molar-refractivity contribution in [3.05, 3.63) is 35.5 Å². The highest BCUT2D eigenvalue weighted by Crippen LogP contribution is 2.31. The van der Waals surface area contributed by atoms with Crippen LogP contribution in [0.3, 0.4) is 0 Å². The van der Waals surface area contributed by atoms with E-state index in [4.69, 9.17) is 0 Å². The minimum atomic E-state index is -0.387. The molecule has 3 rings (SSSR count). The number of aromatic nitrogens is 1. The summed E-state index contributed by atoms with van der Waals surface area (Å²) in [7, 11) is 0. The molecule has 1 fully saturated rings. The molecule has 0 bridgehead atoms. The van der Waals surface area contributed by atoms with Crippen LogP contribution in [0.5, 0.6) is 0 Å². The van der Waals surface area contributed by atoms with Crippen molar-refractivity contribution in [1.82, 2.24) is 4.98 Å². The molecule has 1 aromatic carbocycles. The zero-order valence-corrected chi connectivity index (χ0v) is 17.0. The Kier molecular flexibility index (Phi) is 6.87. The Labute approximate surface area is 167 Å². The number of Topliss-reactive ketones (excluding diaryl/α,β-unsaturated/α-hetero) is 1. The molecule has 0 spiro atoms. The third-order valence-corrected chi connectivity index (χ3v) is 6.70. The second kappa shape index (κ2) is 9.34. The number of anilines is 2. The average Bonchev–Trinajstić information content (AvgIpc) is 3.33. The highest BCUT2D eigenvalue weighted by atomic mass is 32.2. The molecule has 6 nitrogen and oxygen atoms in total.